The van der Waals surface area contributed by atoms with Gasteiger partial charge < -0.3 is 24.1 Å². The predicted molar refractivity (Wildman–Crippen MR) is 172 cm³/mol. The van der Waals surface area contributed by atoms with Crippen LogP contribution in [0, 0.1) is 12.7 Å². The number of aromatic nitrogens is 2. The van der Waals surface area contributed by atoms with Crippen molar-refractivity contribution in [2.75, 3.05) is 28.7 Å². The molecule has 3 amide bonds. The van der Waals surface area contributed by atoms with E-state index in [2.05, 4.69) is 20.6 Å². The molecule has 14 heteroatoms. The standard InChI is InChI=1S/C33H40FN5O8/c1-17-22(15-36-28-27(17)39(10-11-44-28)31(43)47-33(5,6)7)21-12-18-13-24(37-29(41)45-20-9-8-19(40)14-20)35-16-23(18)26(25(21)34)38-30(42)46-32(2,3)4/h12-13,15-16,19-20,40H,8-11,14H2,1-7H3,(H,38,42)(H,35,37,41)/t19-,20+/m1/s1. The fourth-order valence-corrected chi connectivity index (χ4v) is 5.48. The second-order valence-corrected chi connectivity index (χ2v) is 13.6. The van der Waals surface area contributed by atoms with Gasteiger partial charge in [-0.1, -0.05) is 0 Å². The Morgan fingerprint density at radius 2 is 1.70 bits per heavy atom. The van der Waals surface area contributed by atoms with Gasteiger partial charge in [0.1, 0.15) is 35.4 Å². The van der Waals surface area contributed by atoms with Gasteiger partial charge in [0.05, 0.1) is 18.3 Å². The first kappa shape index (κ1) is 33.6. The van der Waals surface area contributed by atoms with E-state index in [1.165, 1.54) is 29.4 Å². The average molecular weight is 654 g/mol. The summed E-state index contributed by atoms with van der Waals surface area (Å²) in [6.45, 7) is 12.4. The highest BCUT2D eigenvalue weighted by molar-refractivity contribution is 6.05. The zero-order valence-electron chi connectivity index (χ0n) is 27.5. The monoisotopic (exact) mass is 653 g/mol. The Hall–Kier alpha value is -4.72. The molecule has 1 aromatic carbocycles. The van der Waals surface area contributed by atoms with Crippen molar-refractivity contribution in [3.05, 3.63) is 35.9 Å². The molecule has 1 saturated carbocycles. The molecule has 1 aliphatic heterocycles. The molecular weight excluding hydrogens is 613 g/mol. The lowest BCUT2D eigenvalue weighted by atomic mass is 9.96. The van der Waals surface area contributed by atoms with Crippen molar-refractivity contribution in [3.63, 3.8) is 0 Å². The van der Waals surface area contributed by atoms with Crippen molar-refractivity contribution in [2.24, 2.45) is 0 Å². The first-order chi connectivity index (χ1) is 22.0. The van der Waals surface area contributed by atoms with Gasteiger partial charge >= 0.3 is 18.3 Å². The molecule has 0 bridgehead atoms. The van der Waals surface area contributed by atoms with Crippen LogP contribution >= 0.6 is 0 Å². The van der Waals surface area contributed by atoms with Crippen LogP contribution in [0.5, 0.6) is 5.88 Å². The topological polar surface area (TPSA) is 161 Å². The normalized spacial score (nSPS) is 17.9. The van der Waals surface area contributed by atoms with Gasteiger partial charge in [-0.3, -0.25) is 15.5 Å². The third kappa shape index (κ3) is 7.81. The average Bonchev–Trinajstić information content (AvgIpc) is 3.36. The Kier molecular flexibility index (Phi) is 9.18. The van der Waals surface area contributed by atoms with Gasteiger partial charge in [-0.05, 0) is 84.4 Å². The molecular formula is C33H40FN5O8. The summed E-state index contributed by atoms with van der Waals surface area (Å²) in [5, 5.41) is 15.5. The minimum Gasteiger partial charge on any atom is -0.474 e. The minimum absolute atomic E-state index is 0.0470. The van der Waals surface area contributed by atoms with Gasteiger partial charge in [0, 0.05) is 35.3 Å². The lowest BCUT2D eigenvalue weighted by Gasteiger charge is -2.32. The zero-order valence-corrected chi connectivity index (χ0v) is 27.5. The molecule has 0 radical (unpaired) electrons. The van der Waals surface area contributed by atoms with Gasteiger partial charge in [0.25, 0.3) is 0 Å². The molecule has 3 heterocycles. The summed E-state index contributed by atoms with van der Waals surface area (Å²) in [7, 11) is 0. The molecule has 252 valence electrons. The van der Waals surface area contributed by atoms with E-state index in [-0.39, 0.29) is 41.5 Å². The van der Waals surface area contributed by atoms with E-state index in [1.807, 2.05) is 0 Å². The van der Waals surface area contributed by atoms with Crippen molar-refractivity contribution in [3.8, 4) is 17.0 Å². The molecule has 2 aliphatic rings. The number of nitrogens with one attached hydrogen (secondary N) is 2. The van der Waals surface area contributed by atoms with Gasteiger partial charge in [-0.2, -0.15) is 0 Å². The molecule has 3 aromatic rings. The second-order valence-electron chi connectivity index (χ2n) is 13.6. The van der Waals surface area contributed by atoms with Crippen molar-refractivity contribution in [1.29, 1.82) is 0 Å². The Morgan fingerprint density at radius 3 is 2.36 bits per heavy atom. The molecule has 5 rings (SSSR count). The first-order valence-electron chi connectivity index (χ1n) is 15.4. The van der Waals surface area contributed by atoms with Crippen molar-refractivity contribution in [1.82, 2.24) is 9.97 Å². The summed E-state index contributed by atoms with van der Waals surface area (Å²) < 4.78 is 38.7. The van der Waals surface area contributed by atoms with E-state index >= 15 is 4.39 Å². The molecule has 2 aromatic heterocycles. The summed E-state index contributed by atoms with van der Waals surface area (Å²) in [6, 6.07) is 3.05. The number of fused-ring (bicyclic) bond motifs is 2. The van der Waals surface area contributed by atoms with Gasteiger partial charge in [0.15, 0.2) is 5.82 Å². The van der Waals surface area contributed by atoms with Gasteiger partial charge in [0.2, 0.25) is 5.88 Å². The summed E-state index contributed by atoms with van der Waals surface area (Å²) in [5.41, 5.74) is -0.635. The van der Waals surface area contributed by atoms with E-state index in [4.69, 9.17) is 18.9 Å². The number of aliphatic hydroxyl groups is 1. The number of pyridine rings is 2. The number of ether oxygens (including phenoxy) is 4. The third-order valence-electron chi connectivity index (χ3n) is 7.45. The molecule has 0 unspecified atom stereocenters. The number of carbonyl (C=O) groups excluding carboxylic acids is 3. The van der Waals surface area contributed by atoms with Gasteiger partial charge in [-0.25, -0.2) is 28.7 Å². The largest absolute Gasteiger partial charge is 0.474 e. The van der Waals surface area contributed by atoms with Crippen LogP contribution in [0.2, 0.25) is 0 Å². The van der Waals surface area contributed by atoms with Crippen LogP contribution in [0.25, 0.3) is 21.9 Å². The zero-order chi connectivity index (χ0) is 34.3. The van der Waals surface area contributed by atoms with E-state index < -0.39 is 47.5 Å². The molecule has 1 fully saturated rings. The fraction of sp³-hybridized carbons (Fsp3) is 0.485. The van der Waals surface area contributed by atoms with Crippen molar-refractivity contribution < 1.29 is 42.8 Å². The summed E-state index contributed by atoms with van der Waals surface area (Å²) in [5.74, 6) is -0.484. The third-order valence-corrected chi connectivity index (χ3v) is 7.45. The molecule has 1 aliphatic carbocycles. The van der Waals surface area contributed by atoms with Crippen LogP contribution in [-0.4, -0.2) is 69.9 Å². The quantitative estimate of drug-likeness (QED) is 0.259. The van der Waals surface area contributed by atoms with E-state index in [0.717, 1.165) is 0 Å². The van der Waals surface area contributed by atoms with Gasteiger partial charge in [-0.15, -0.1) is 0 Å². The van der Waals surface area contributed by atoms with Crippen LogP contribution in [0.4, 0.5) is 36.0 Å². The lowest BCUT2D eigenvalue weighted by molar-refractivity contribution is 0.0564. The first-order valence-corrected chi connectivity index (χ1v) is 15.4. The molecule has 2 atom stereocenters. The maximum Gasteiger partial charge on any atom is 0.415 e. The van der Waals surface area contributed by atoms with E-state index in [1.54, 1.807) is 48.5 Å². The maximum atomic E-state index is 16.6. The smallest absolute Gasteiger partial charge is 0.415 e. The molecule has 47 heavy (non-hydrogen) atoms. The molecule has 0 saturated heterocycles. The number of carbonyl (C=O) groups is 3. The van der Waals surface area contributed by atoms with E-state index in [0.29, 0.717) is 41.5 Å². The number of nitrogens with zero attached hydrogens (tertiary/aromatic N) is 3. The Morgan fingerprint density at radius 1 is 0.979 bits per heavy atom. The van der Waals surface area contributed by atoms with Crippen molar-refractivity contribution >= 4 is 46.2 Å². The summed E-state index contributed by atoms with van der Waals surface area (Å²) in [6.07, 6.45) is 1.04. The highest BCUT2D eigenvalue weighted by Gasteiger charge is 2.33. The number of anilines is 3. The number of benzene rings is 1. The molecule has 13 nitrogen and oxygen atoms in total. The molecule has 0 spiro atoms. The fourth-order valence-electron chi connectivity index (χ4n) is 5.48. The Bertz CT molecular complexity index is 1720. The van der Waals surface area contributed by atoms with Crippen LogP contribution in [-0.2, 0) is 14.2 Å². The lowest BCUT2D eigenvalue weighted by Crippen LogP contribution is -2.42. The number of halogens is 1. The molecule has 3 N–H and O–H groups in total. The van der Waals surface area contributed by atoms with Crippen LogP contribution < -0.4 is 20.3 Å². The Balaban J connectivity index is 1.58. The highest BCUT2D eigenvalue weighted by atomic mass is 19.1. The summed E-state index contributed by atoms with van der Waals surface area (Å²) >= 11 is 0. The predicted octanol–water partition coefficient (Wildman–Crippen LogP) is 6.69. The van der Waals surface area contributed by atoms with Crippen molar-refractivity contribution in [2.45, 2.75) is 91.1 Å². The number of hydrogen-bond donors (Lipinski definition) is 3. The van der Waals surface area contributed by atoms with E-state index in [9.17, 15) is 19.5 Å². The number of amides is 3. The van der Waals surface area contributed by atoms with Crippen LogP contribution in [0.15, 0.2) is 24.5 Å². The second kappa shape index (κ2) is 12.8. The Labute approximate surface area is 271 Å². The summed E-state index contributed by atoms with van der Waals surface area (Å²) in [4.78, 5) is 48.7. The SMILES string of the molecule is Cc1c(-c2cc3cc(NC(=O)O[C@H]4CC[C@@H](O)C4)ncc3c(NC(=O)OC(C)(C)C)c2F)cnc2c1N(C(=O)OC(C)(C)C)CCO2. The van der Waals surface area contributed by atoms with Crippen LogP contribution in [0.1, 0.15) is 66.4 Å². The number of aliphatic hydroxyl groups excluding tert-OH is 1. The minimum atomic E-state index is -0.885. The maximum absolute atomic E-state index is 16.6. The van der Waals surface area contributed by atoms with Crippen LogP contribution in [0.3, 0.4) is 0 Å². The number of rotatable bonds is 4. The number of hydrogen-bond acceptors (Lipinski definition) is 10. The highest BCUT2D eigenvalue weighted by Crippen LogP contribution is 2.42.